The zero-order chi connectivity index (χ0) is 16.1. The van der Waals surface area contributed by atoms with Gasteiger partial charge in [-0.05, 0) is 68.4 Å². The molecule has 4 bridgehead atoms. The summed E-state index contributed by atoms with van der Waals surface area (Å²) in [7, 11) is 0. The van der Waals surface area contributed by atoms with Crippen LogP contribution in [0, 0.1) is 23.2 Å². The van der Waals surface area contributed by atoms with E-state index in [1.54, 1.807) is 0 Å². The van der Waals surface area contributed by atoms with Crippen LogP contribution in [0.2, 0.25) is 0 Å². The van der Waals surface area contributed by atoms with Gasteiger partial charge in [-0.15, -0.1) is 0 Å². The van der Waals surface area contributed by atoms with E-state index in [1.807, 2.05) is 47.3 Å². The van der Waals surface area contributed by atoms with Crippen LogP contribution in [0.25, 0.3) is 5.69 Å². The topological polar surface area (TPSA) is 46.9 Å². The van der Waals surface area contributed by atoms with E-state index in [-0.39, 0.29) is 11.3 Å². The average Bonchev–Trinajstić information content (AvgIpc) is 3.03. The normalized spacial score (nSPS) is 33.6. The molecule has 0 spiro atoms. The van der Waals surface area contributed by atoms with E-state index in [2.05, 4.69) is 10.4 Å². The van der Waals surface area contributed by atoms with Crippen LogP contribution in [0.1, 0.15) is 38.5 Å². The second-order valence-corrected chi connectivity index (χ2v) is 8.13. The minimum atomic E-state index is -0.120. The molecule has 1 amide bonds. The molecule has 4 nitrogen and oxygen atoms in total. The molecule has 4 saturated carbocycles. The third-order valence-electron chi connectivity index (χ3n) is 6.37. The predicted molar refractivity (Wildman–Crippen MR) is 92.8 cm³/mol. The summed E-state index contributed by atoms with van der Waals surface area (Å²) in [5, 5.41) is 7.65. The van der Waals surface area contributed by atoms with Gasteiger partial charge in [0.25, 0.3) is 0 Å². The number of hydrogen-bond acceptors (Lipinski definition) is 2. The largest absolute Gasteiger partial charge is 0.309 e. The molecule has 0 aliphatic heterocycles. The zero-order valence-corrected chi connectivity index (χ0v) is 13.8. The summed E-state index contributed by atoms with van der Waals surface area (Å²) in [5.74, 6) is 3.22. The number of aromatic nitrogens is 2. The molecule has 2 aromatic rings. The molecule has 0 unspecified atom stereocenters. The number of hydrogen-bond donors (Lipinski definition) is 1. The standard InChI is InChI=1S/C20H23N3O/c24-19(20-11-14-8-15(12-20)10-16(9-14)13-20)21-18-6-7-23(22-18)17-4-2-1-3-5-17/h1-7,14-16H,8-13H2,(H,21,22,24). The van der Waals surface area contributed by atoms with Crippen LogP contribution in [0.4, 0.5) is 5.82 Å². The van der Waals surface area contributed by atoms with E-state index < -0.39 is 0 Å². The van der Waals surface area contributed by atoms with E-state index >= 15 is 0 Å². The van der Waals surface area contributed by atoms with Crippen molar-refractivity contribution in [2.24, 2.45) is 23.2 Å². The molecule has 1 aromatic carbocycles. The van der Waals surface area contributed by atoms with Gasteiger partial charge in [-0.1, -0.05) is 18.2 Å². The van der Waals surface area contributed by atoms with Gasteiger partial charge in [0, 0.05) is 12.3 Å². The molecule has 1 aromatic heterocycles. The average molecular weight is 321 g/mol. The van der Waals surface area contributed by atoms with E-state index in [1.165, 1.54) is 19.3 Å². The first-order valence-electron chi connectivity index (χ1n) is 9.13. The number of anilines is 1. The maximum absolute atomic E-state index is 13.1. The van der Waals surface area contributed by atoms with E-state index in [9.17, 15) is 4.79 Å². The SMILES string of the molecule is O=C(Nc1ccn(-c2ccccc2)n1)C12CC3CC(CC(C3)C1)C2. The molecule has 24 heavy (non-hydrogen) atoms. The summed E-state index contributed by atoms with van der Waals surface area (Å²) in [6, 6.07) is 11.9. The highest BCUT2D eigenvalue weighted by molar-refractivity contribution is 5.94. The summed E-state index contributed by atoms with van der Waals surface area (Å²) in [5.41, 5.74) is 0.887. The van der Waals surface area contributed by atoms with Crippen LogP contribution < -0.4 is 5.32 Å². The molecular weight excluding hydrogens is 298 g/mol. The number of carbonyl (C=O) groups excluding carboxylic acids is 1. The zero-order valence-electron chi connectivity index (χ0n) is 13.8. The lowest BCUT2D eigenvalue weighted by Gasteiger charge is -2.55. The summed E-state index contributed by atoms with van der Waals surface area (Å²) in [6.45, 7) is 0. The van der Waals surface area contributed by atoms with E-state index in [0.717, 1.165) is 42.7 Å². The number of nitrogens with one attached hydrogen (secondary N) is 1. The van der Waals surface area contributed by atoms with Crippen molar-refractivity contribution >= 4 is 11.7 Å². The summed E-state index contributed by atoms with van der Waals surface area (Å²) in [6.07, 6.45) is 9.24. The van der Waals surface area contributed by atoms with Crippen LogP contribution in [-0.2, 0) is 4.79 Å². The van der Waals surface area contributed by atoms with Gasteiger partial charge in [0.15, 0.2) is 5.82 Å². The number of rotatable bonds is 3. The first kappa shape index (κ1) is 14.3. The van der Waals surface area contributed by atoms with Gasteiger partial charge in [0.2, 0.25) is 5.91 Å². The lowest BCUT2D eigenvalue weighted by molar-refractivity contribution is -0.140. The summed E-state index contributed by atoms with van der Waals surface area (Å²) < 4.78 is 1.81. The Morgan fingerprint density at radius 1 is 1.00 bits per heavy atom. The molecule has 4 aliphatic rings. The third-order valence-corrected chi connectivity index (χ3v) is 6.37. The van der Waals surface area contributed by atoms with Crippen molar-refractivity contribution in [1.29, 1.82) is 0 Å². The van der Waals surface area contributed by atoms with Gasteiger partial charge >= 0.3 is 0 Å². The fourth-order valence-corrected chi connectivity index (χ4v) is 5.75. The number of carbonyl (C=O) groups is 1. The molecule has 1 N–H and O–H groups in total. The highest BCUT2D eigenvalue weighted by Gasteiger charge is 2.54. The fraction of sp³-hybridized carbons (Fsp3) is 0.500. The summed E-state index contributed by atoms with van der Waals surface area (Å²) >= 11 is 0. The van der Waals surface area contributed by atoms with Crippen LogP contribution in [0.5, 0.6) is 0 Å². The van der Waals surface area contributed by atoms with Gasteiger partial charge in [0.1, 0.15) is 0 Å². The van der Waals surface area contributed by atoms with Crippen LogP contribution in [0.15, 0.2) is 42.6 Å². The quantitative estimate of drug-likeness (QED) is 0.928. The Morgan fingerprint density at radius 3 is 2.25 bits per heavy atom. The molecule has 0 radical (unpaired) electrons. The Morgan fingerprint density at radius 2 is 1.62 bits per heavy atom. The maximum atomic E-state index is 13.1. The van der Waals surface area contributed by atoms with Gasteiger partial charge in [-0.3, -0.25) is 4.79 Å². The van der Waals surface area contributed by atoms with Gasteiger partial charge in [-0.2, -0.15) is 5.10 Å². The number of amides is 1. The van der Waals surface area contributed by atoms with Crippen molar-refractivity contribution in [3.05, 3.63) is 42.6 Å². The monoisotopic (exact) mass is 321 g/mol. The number of benzene rings is 1. The first-order valence-corrected chi connectivity index (χ1v) is 9.13. The van der Waals surface area contributed by atoms with Crippen molar-refractivity contribution in [3.8, 4) is 5.69 Å². The molecule has 124 valence electrons. The van der Waals surface area contributed by atoms with Gasteiger partial charge < -0.3 is 5.32 Å². The van der Waals surface area contributed by atoms with E-state index in [0.29, 0.717) is 5.82 Å². The lowest BCUT2D eigenvalue weighted by Crippen LogP contribution is -2.51. The van der Waals surface area contributed by atoms with Crippen LogP contribution in [-0.4, -0.2) is 15.7 Å². The molecule has 4 fully saturated rings. The van der Waals surface area contributed by atoms with Crippen molar-refractivity contribution in [1.82, 2.24) is 9.78 Å². The molecule has 1 heterocycles. The maximum Gasteiger partial charge on any atom is 0.231 e. The molecule has 0 atom stereocenters. The Hall–Kier alpha value is -2.10. The molecule has 6 rings (SSSR count). The van der Waals surface area contributed by atoms with Crippen molar-refractivity contribution in [2.75, 3.05) is 5.32 Å². The molecule has 0 saturated heterocycles. The van der Waals surface area contributed by atoms with Gasteiger partial charge in [-0.25, -0.2) is 4.68 Å². The second-order valence-electron chi connectivity index (χ2n) is 8.13. The second kappa shape index (κ2) is 5.20. The Balaban J connectivity index is 1.35. The molecular formula is C20H23N3O. The number of para-hydroxylation sites is 1. The van der Waals surface area contributed by atoms with Crippen LogP contribution in [0.3, 0.4) is 0 Å². The van der Waals surface area contributed by atoms with Gasteiger partial charge in [0.05, 0.1) is 11.1 Å². The van der Waals surface area contributed by atoms with Crippen molar-refractivity contribution in [3.63, 3.8) is 0 Å². The third kappa shape index (κ3) is 2.27. The Labute approximate surface area is 142 Å². The smallest absolute Gasteiger partial charge is 0.231 e. The molecule has 4 aliphatic carbocycles. The van der Waals surface area contributed by atoms with Crippen molar-refractivity contribution < 1.29 is 4.79 Å². The fourth-order valence-electron chi connectivity index (χ4n) is 5.75. The molecule has 4 heteroatoms. The number of nitrogens with zero attached hydrogens (tertiary/aromatic N) is 2. The van der Waals surface area contributed by atoms with Crippen LogP contribution >= 0.6 is 0 Å². The van der Waals surface area contributed by atoms with E-state index in [4.69, 9.17) is 0 Å². The predicted octanol–water partition coefficient (Wildman–Crippen LogP) is 4.03. The Bertz CT molecular complexity index is 729. The Kier molecular flexibility index (Phi) is 3.09. The lowest BCUT2D eigenvalue weighted by atomic mass is 9.49. The van der Waals surface area contributed by atoms with Crippen molar-refractivity contribution in [2.45, 2.75) is 38.5 Å². The highest BCUT2D eigenvalue weighted by atomic mass is 16.2. The first-order chi connectivity index (χ1) is 11.7. The summed E-state index contributed by atoms with van der Waals surface area (Å²) in [4.78, 5) is 13.1. The minimum absolute atomic E-state index is 0.120. The highest BCUT2D eigenvalue weighted by Crippen LogP contribution is 2.60. The minimum Gasteiger partial charge on any atom is -0.309 e.